The number of aromatic hydroxyl groups is 1. The summed E-state index contributed by atoms with van der Waals surface area (Å²) in [7, 11) is 0. The van der Waals surface area contributed by atoms with E-state index >= 15 is 0 Å². The molecule has 1 aromatic rings. The number of carbonyl (C=O) groups is 2. The smallest absolute Gasteiger partial charge is 0.322 e. The lowest BCUT2D eigenvalue weighted by molar-refractivity contribution is -0.137. The molecule has 0 aliphatic rings. The highest BCUT2D eigenvalue weighted by molar-refractivity contribution is 9.10. The van der Waals surface area contributed by atoms with Gasteiger partial charge in [-0.25, -0.2) is 0 Å². The molecule has 0 aliphatic carbocycles. The van der Waals surface area contributed by atoms with Crippen LogP contribution < -0.4 is 5.32 Å². The van der Waals surface area contributed by atoms with Crippen LogP contribution in [0.1, 0.15) is 5.56 Å². The number of rotatable bonds is 5. The van der Waals surface area contributed by atoms with Gasteiger partial charge in [0.25, 0.3) is 5.91 Å². The highest BCUT2D eigenvalue weighted by Gasteiger charge is 2.14. The molecule has 19 heavy (non-hydrogen) atoms. The number of carbonyl (C=O) groups excluding carboxylic acids is 1. The van der Waals surface area contributed by atoms with Gasteiger partial charge in [0.05, 0.1) is 4.47 Å². The molecule has 0 fully saturated rings. The van der Waals surface area contributed by atoms with E-state index in [9.17, 15) is 14.7 Å². The summed E-state index contributed by atoms with van der Waals surface area (Å²) in [5.41, 5.74) is 0.391. The zero-order valence-electron chi connectivity index (χ0n) is 9.63. The lowest BCUT2D eigenvalue weighted by Gasteiger charge is -2.06. The van der Waals surface area contributed by atoms with E-state index in [0.29, 0.717) is 10.0 Å². The number of phenols is 1. The third-order valence-electron chi connectivity index (χ3n) is 2.17. The van der Waals surface area contributed by atoms with Crippen molar-refractivity contribution >= 4 is 33.5 Å². The summed E-state index contributed by atoms with van der Waals surface area (Å²) in [6, 6.07) is 4.53. The highest BCUT2D eigenvalue weighted by Crippen LogP contribution is 2.24. The number of hydrogen-bond acceptors (Lipinski definition) is 5. The Labute approximate surface area is 116 Å². The predicted molar refractivity (Wildman–Crippen MR) is 69.4 cm³/mol. The molecule has 0 saturated heterocycles. The van der Waals surface area contributed by atoms with Crippen LogP contribution in [0.2, 0.25) is 0 Å². The van der Waals surface area contributed by atoms with E-state index in [0.717, 1.165) is 0 Å². The van der Waals surface area contributed by atoms with Crippen LogP contribution in [-0.2, 0) is 16.0 Å². The van der Waals surface area contributed by atoms with Crippen LogP contribution in [-0.4, -0.2) is 39.6 Å². The molecule has 0 saturated carbocycles. The first-order valence-corrected chi connectivity index (χ1v) is 5.91. The van der Waals surface area contributed by atoms with Crippen molar-refractivity contribution in [2.75, 3.05) is 6.54 Å². The predicted octanol–water partition coefficient (Wildman–Crippen LogP) is 0.728. The second-order valence-electron chi connectivity index (χ2n) is 3.59. The molecule has 0 aromatic heterocycles. The fraction of sp³-hybridized carbons (Fsp3) is 0.182. The van der Waals surface area contributed by atoms with Crippen molar-refractivity contribution < 1.29 is 25.0 Å². The molecule has 8 heteroatoms. The zero-order valence-corrected chi connectivity index (χ0v) is 11.2. The summed E-state index contributed by atoms with van der Waals surface area (Å²) < 4.78 is 0.438. The molecule has 1 amide bonds. The molecule has 0 radical (unpaired) electrons. The van der Waals surface area contributed by atoms with Crippen molar-refractivity contribution in [1.29, 1.82) is 0 Å². The summed E-state index contributed by atoms with van der Waals surface area (Å²) in [6.07, 6.45) is 0.000826. The molecule has 0 spiro atoms. The molecule has 1 aromatic carbocycles. The van der Waals surface area contributed by atoms with Gasteiger partial charge in [0.1, 0.15) is 18.0 Å². The first-order chi connectivity index (χ1) is 8.93. The molecular weight excluding hydrogens is 320 g/mol. The van der Waals surface area contributed by atoms with Crippen LogP contribution in [0.25, 0.3) is 0 Å². The first kappa shape index (κ1) is 15.0. The van der Waals surface area contributed by atoms with Gasteiger partial charge in [-0.1, -0.05) is 11.2 Å². The molecule has 0 bridgehead atoms. The number of amides is 1. The average molecular weight is 331 g/mol. The van der Waals surface area contributed by atoms with Crippen LogP contribution in [0.15, 0.2) is 27.8 Å². The lowest BCUT2D eigenvalue weighted by Crippen LogP contribution is -2.35. The molecular formula is C11H11BrN2O5. The number of carboxylic acids is 1. The van der Waals surface area contributed by atoms with E-state index in [1.165, 1.54) is 6.07 Å². The standard InChI is InChI=1S/C11H11BrN2O5/c12-7-3-6(1-2-9(7)15)4-8(14-19)11(18)13-5-10(16)17/h1-3,15,19H,4-5H2,(H,13,18)(H,16,17). The minimum atomic E-state index is -1.20. The Hall–Kier alpha value is -2.09. The molecule has 4 N–H and O–H groups in total. The van der Waals surface area contributed by atoms with Crippen LogP contribution in [0.4, 0.5) is 0 Å². The van der Waals surface area contributed by atoms with E-state index in [1.54, 1.807) is 12.1 Å². The third-order valence-corrected chi connectivity index (χ3v) is 2.80. The maximum atomic E-state index is 11.5. The number of hydrogen-bond donors (Lipinski definition) is 4. The summed E-state index contributed by atoms with van der Waals surface area (Å²) >= 11 is 3.11. The van der Waals surface area contributed by atoms with Crippen molar-refractivity contribution in [2.45, 2.75) is 6.42 Å². The molecule has 0 unspecified atom stereocenters. The van der Waals surface area contributed by atoms with E-state index in [4.69, 9.17) is 10.3 Å². The lowest BCUT2D eigenvalue weighted by atomic mass is 10.1. The van der Waals surface area contributed by atoms with Crippen LogP contribution in [0.5, 0.6) is 5.75 Å². The van der Waals surface area contributed by atoms with Crippen molar-refractivity contribution in [3.05, 3.63) is 28.2 Å². The van der Waals surface area contributed by atoms with Gasteiger partial charge in [0, 0.05) is 6.42 Å². The Balaban J connectivity index is 2.74. The Kier molecular flexibility index (Phi) is 5.31. The molecule has 7 nitrogen and oxygen atoms in total. The van der Waals surface area contributed by atoms with E-state index in [-0.39, 0.29) is 17.9 Å². The Morgan fingerprint density at radius 1 is 1.37 bits per heavy atom. The highest BCUT2D eigenvalue weighted by atomic mass is 79.9. The van der Waals surface area contributed by atoms with Gasteiger partial charge < -0.3 is 20.7 Å². The zero-order chi connectivity index (χ0) is 14.4. The monoisotopic (exact) mass is 330 g/mol. The number of halogens is 1. The number of nitrogens with zero attached hydrogens (tertiary/aromatic N) is 1. The van der Waals surface area contributed by atoms with Crippen LogP contribution >= 0.6 is 15.9 Å². The fourth-order valence-electron chi connectivity index (χ4n) is 1.27. The van der Waals surface area contributed by atoms with E-state index in [1.807, 2.05) is 0 Å². The molecule has 0 atom stereocenters. The number of phenolic OH excluding ortho intramolecular Hbond substituents is 1. The first-order valence-electron chi connectivity index (χ1n) is 5.12. The summed E-state index contributed by atoms with van der Waals surface area (Å²) in [5, 5.41) is 31.4. The van der Waals surface area contributed by atoms with Gasteiger partial charge in [-0.05, 0) is 33.6 Å². The number of oxime groups is 1. The van der Waals surface area contributed by atoms with Gasteiger partial charge >= 0.3 is 5.97 Å². The third kappa shape index (κ3) is 4.59. The van der Waals surface area contributed by atoms with Gasteiger partial charge in [0.2, 0.25) is 0 Å². The topological polar surface area (TPSA) is 119 Å². The minimum Gasteiger partial charge on any atom is -0.507 e. The maximum Gasteiger partial charge on any atom is 0.322 e. The number of carboxylic acid groups (broad SMARTS) is 1. The number of aliphatic carboxylic acids is 1. The quantitative estimate of drug-likeness (QED) is 0.360. The van der Waals surface area contributed by atoms with Crippen molar-refractivity contribution in [3.8, 4) is 5.75 Å². The van der Waals surface area contributed by atoms with Gasteiger partial charge in [-0.2, -0.15) is 0 Å². The maximum absolute atomic E-state index is 11.5. The molecule has 0 aliphatic heterocycles. The van der Waals surface area contributed by atoms with Crippen molar-refractivity contribution in [1.82, 2.24) is 5.32 Å². The Bertz CT molecular complexity index is 530. The van der Waals surface area contributed by atoms with E-state index in [2.05, 4.69) is 26.4 Å². The number of benzene rings is 1. The minimum absolute atomic E-state index is 0.000826. The van der Waals surface area contributed by atoms with Gasteiger partial charge in [-0.3, -0.25) is 9.59 Å². The SMILES string of the molecule is O=C(O)CNC(=O)C(Cc1ccc(O)c(Br)c1)=NO. The van der Waals surface area contributed by atoms with Crippen LogP contribution in [0, 0.1) is 0 Å². The van der Waals surface area contributed by atoms with Crippen molar-refractivity contribution in [3.63, 3.8) is 0 Å². The molecule has 1 rings (SSSR count). The second-order valence-corrected chi connectivity index (χ2v) is 4.44. The normalized spacial score (nSPS) is 11.1. The molecule has 0 heterocycles. The largest absolute Gasteiger partial charge is 0.507 e. The average Bonchev–Trinajstić information content (AvgIpc) is 2.37. The van der Waals surface area contributed by atoms with Gasteiger partial charge in [-0.15, -0.1) is 0 Å². The Morgan fingerprint density at radius 2 is 2.05 bits per heavy atom. The molecule has 102 valence electrons. The van der Waals surface area contributed by atoms with Crippen molar-refractivity contribution in [2.24, 2.45) is 5.16 Å². The Morgan fingerprint density at radius 3 is 2.58 bits per heavy atom. The fourth-order valence-corrected chi connectivity index (χ4v) is 1.70. The van der Waals surface area contributed by atoms with Gasteiger partial charge in [0.15, 0.2) is 0 Å². The summed E-state index contributed by atoms with van der Waals surface area (Å²) in [6.45, 7) is -0.558. The summed E-state index contributed by atoms with van der Waals surface area (Å²) in [5.74, 6) is -1.92. The number of nitrogens with one attached hydrogen (secondary N) is 1. The summed E-state index contributed by atoms with van der Waals surface area (Å²) in [4.78, 5) is 21.8. The second kappa shape index (κ2) is 6.74. The van der Waals surface area contributed by atoms with Crippen LogP contribution in [0.3, 0.4) is 0 Å². The van der Waals surface area contributed by atoms with E-state index < -0.39 is 18.4 Å².